The van der Waals surface area contributed by atoms with Crippen molar-refractivity contribution in [3.8, 4) is 0 Å². The summed E-state index contributed by atoms with van der Waals surface area (Å²) in [5.41, 5.74) is -0.0769. The van der Waals surface area contributed by atoms with E-state index in [1.807, 2.05) is 20.8 Å². The number of hydrogen-bond acceptors (Lipinski definition) is 2. The molecular weight excluding hydrogens is 255 g/mol. The van der Waals surface area contributed by atoms with E-state index in [1.54, 1.807) is 0 Å². The maximum absolute atomic E-state index is 12.4. The maximum Gasteiger partial charge on any atom is 0.416 e. The topological polar surface area (TPSA) is 21.3 Å². The van der Waals surface area contributed by atoms with E-state index in [9.17, 15) is 13.2 Å². The first-order valence-corrected chi connectivity index (χ1v) is 6.25. The van der Waals surface area contributed by atoms with Crippen LogP contribution in [0.15, 0.2) is 24.3 Å². The molecule has 108 valence electrons. The van der Waals surface area contributed by atoms with Gasteiger partial charge in [0.25, 0.3) is 0 Å². The van der Waals surface area contributed by atoms with Gasteiger partial charge in [0.15, 0.2) is 0 Å². The monoisotopic (exact) mass is 275 g/mol. The van der Waals surface area contributed by atoms with Crippen molar-refractivity contribution >= 4 is 0 Å². The highest BCUT2D eigenvalue weighted by molar-refractivity contribution is 5.24. The van der Waals surface area contributed by atoms with Crippen molar-refractivity contribution in [2.45, 2.75) is 39.1 Å². The number of alkyl halides is 3. The average Bonchev–Trinajstić information content (AvgIpc) is 2.28. The Labute approximate surface area is 112 Å². The fourth-order valence-corrected chi connectivity index (χ4v) is 1.76. The highest BCUT2D eigenvalue weighted by Gasteiger charge is 2.29. The van der Waals surface area contributed by atoms with Crippen molar-refractivity contribution in [3.05, 3.63) is 35.4 Å². The zero-order valence-electron chi connectivity index (χ0n) is 11.5. The van der Waals surface area contributed by atoms with Crippen LogP contribution in [0.3, 0.4) is 0 Å². The van der Waals surface area contributed by atoms with E-state index in [0.29, 0.717) is 19.7 Å². The summed E-state index contributed by atoms with van der Waals surface area (Å²) in [7, 11) is 0. The van der Waals surface area contributed by atoms with Crippen molar-refractivity contribution < 1.29 is 17.9 Å². The first-order chi connectivity index (χ1) is 8.74. The zero-order valence-corrected chi connectivity index (χ0v) is 11.5. The highest BCUT2D eigenvalue weighted by Crippen LogP contribution is 2.29. The Morgan fingerprint density at radius 2 is 1.68 bits per heavy atom. The number of benzene rings is 1. The molecule has 1 aromatic carbocycles. The summed E-state index contributed by atoms with van der Waals surface area (Å²) >= 11 is 0. The van der Waals surface area contributed by atoms with Gasteiger partial charge in [0.1, 0.15) is 0 Å². The molecule has 1 N–H and O–H groups in total. The van der Waals surface area contributed by atoms with E-state index >= 15 is 0 Å². The van der Waals surface area contributed by atoms with Gasteiger partial charge in [-0.05, 0) is 38.5 Å². The molecule has 0 radical (unpaired) electrons. The molecule has 0 aliphatic rings. The largest absolute Gasteiger partial charge is 0.416 e. The molecular formula is C14H20F3NO. The van der Waals surface area contributed by atoms with Crippen LogP contribution in [0.1, 0.15) is 31.9 Å². The molecule has 0 unspecified atom stereocenters. The Morgan fingerprint density at radius 1 is 1.11 bits per heavy atom. The third-order valence-corrected chi connectivity index (χ3v) is 2.70. The summed E-state index contributed by atoms with van der Waals surface area (Å²) in [5, 5.41) is 3.18. The zero-order chi connectivity index (χ0) is 14.5. The van der Waals surface area contributed by atoms with Gasteiger partial charge in [0.05, 0.1) is 11.2 Å². The predicted octanol–water partition coefficient (Wildman–Crippen LogP) is 3.61. The second-order valence-corrected chi connectivity index (χ2v) is 4.99. The number of ether oxygens (including phenoxy) is 1. The SMILES string of the molecule is CCOC(C)(C)CNCc1ccc(C(F)(F)F)cc1. The summed E-state index contributed by atoms with van der Waals surface area (Å²) in [5.74, 6) is 0. The van der Waals surface area contributed by atoms with Gasteiger partial charge in [-0.1, -0.05) is 12.1 Å². The lowest BCUT2D eigenvalue weighted by atomic mass is 10.1. The van der Waals surface area contributed by atoms with Gasteiger partial charge < -0.3 is 10.1 Å². The highest BCUT2D eigenvalue weighted by atomic mass is 19.4. The van der Waals surface area contributed by atoms with Crippen molar-refractivity contribution in [1.82, 2.24) is 5.32 Å². The molecule has 0 fully saturated rings. The molecule has 0 atom stereocenters. The lowest BCUT2D eigenvalue weighted by Crippen LogP contribution is -2.37. The van der Waals surface area contributed by atoms with Crippen molar-refractivity contribution in [3.63, 3.8) is 0 Å². The number of nitrogens with one attached hydrogen (secondary N) is 1. The summed E-state index contributed by atoms with van der Waals surface area (Å²) in [6.07, 6.45) is -4.27. The predicted molar refractivity (Wildman–Crippen MR) is 68.9 cm³/mol. The van der Waals surface area contributed by atoms with Gasteiger partial charge in [-0.15, -0.1) is 0 Å². The average molecular weight is 275 g/mol. The van der Waals surface area contributed by atoms with E-state index in [-0.39, 0.29) is 5.60 Å². The Balaban J connectivity index is 2.47. The Kier molecular flexibility index (Phi) is 5.38. The van der Waals surface area contributed by atoms with E-state index in [1.165, 1.54) is 12.1 Å². The van der Waals surface area contributed by atoms with Crippen LogP contribution in [0, 0.1) is 0 Å². The Bertz CT molecular complexity index is 385. The van der Waals surface area contributed by atoms with E-state index in [4.69, 9.17) is 4.74 Å². The molecule has 0 amide bonds. The smallest absolute Gasteiger partial charge is 0.375 e. The number of hydrogen-bond donors (Lipinski definition) is 1. The van der Waals surface area contributed by atoms with E-state index < -0.39 is 11.7 Å². The molecule has 0 saturated heterocycles. The second kappa shape index (κ2) is 6.39. The van der Waals surface area contributed by atoms with Crippen LogP contribution in [0.4, 0.5) is 13.2 Å². The van der Waals surface area contributed by atoms with Gasteiger partial charge in [0.2, 0.25) is 0 Å². The van der Waals surface area contributed by atoms with Crippen molar-refractivity contribution in [2.24, 2.45) is 0 Å². The van der Waals surface area contributed by atoms with Gasteiger partial charge in [0, 0.05) is 19.7 Å². The molecule has 0 heterocycles. The fraction of sp³-hybridized carbons (Fsp3) is 0.571. The minimum absolute atomic E-state index is 0.277. The number of halogens is 3. The lowest BCUT2D eigenvalue weighted by Gasteiger charge is -2.25. The van der Waals surface area contributed by atoms with Gasteiger partial charge in [-0.3, -0.25) is 0 Å². The molecule has 0 spiro atoms. The van der Waals surface area contributed by atoms with Crippen LogP contribution in [0.2, 0.25) is 0 Å². The molecule has 19 heavy (non-hydrogen) atoms. The maximum atomic E-state index is 12.4. The quantitative estimate of drug-likeness (QED) is 0.856. The van der Waals surface area contributed by atoms with Crippen LogP contribution in [-0.2, 0) is 17.5 Å². The first-order valence-electron chi connectivity index (χ1n) is 6.25. The molecule has 0 saturated carbocycles. The van der Waals surface area contributed by atoms with Gasteiger partial charge in [-0.2, -0.15) is 13.2 Å². The molecule has 5 heteroatoms. The first kappa shape index (κ1) is 16.0. The standard InChI is InChI=1S/C14H20F3NO/c1-4-19-13(2,3)10-18-9-11-5-7-12(8-6-11)14(15,16)17/h5-8,18H,4,9-10H2,1-3H3. The number of rotatable bonds is 6. The molecule has 0 aromatic heterocycles. The van der Waals surface area contributed by atoms with Crippen molar-refractivity contribution in [1.29, 1.82) is 0 Å². The van der Waals surface area contributed by atoms with E-state index in [0.717, 1.165) is 17.7 Å². The van der Waals surface area contributed by atoms with Gasteiger partial charge in [-0.25, -0.2) is 0 Å². The van der Waals surface area contributed by atoms with Crippen LogP contribution in [0.25, 0.3) is 0 Å². The van der Waals surface area contributed by atoms with Crippen LogP contribution in [-0.4, -0.2) is 18.8 Å². The second-order valence-electron chi connectivity index (χ2n) is 4.99. The van der Waals surface area contributed by atoms with Crippen molar-refractivity contribution in [2.75, 3.05) is 13.2 Å². The Morgan fingerprint density at radius 3 is 2.16 bits per heavy atom. The fourth-order valence-electron chi connectivity index (χ4n) is 1.76. The molecule has 0 aliphatic carbocycles. The van der Waals surface area contributed by atoms with Crippen LogP contribution < -0.4 is 5.32 Å². The third kappa shape index (κ3) is 5.61. The van der Waals surface area contributed by atoms with E-state index in [2.05, 4.69) is 5.32 Å². The molecule has 0 aliphatic heterocycles. The molecule has 2 nitrogen and oxygen atoms in total. The summed E-state index contributed by atoms with van der Waals surface area (Å²) in [6.45, 7) is 7.66. The Hall–Kier alpha value is -1.07. The van der Waals surface area contributed by atoms with Crippen LogP contribution >= 0.6 is 0 Å². The minimum atomic E-state index is -4.27. The van der Waals surface area contributed by atoms with Gasteiger partial charge >= 0.3 is 6.18 Å². The third-order valence-electron chi connectivity index (χ3n) is 2.70. The summed E-state index contributed by atoms with van der Waals surface area (Å²) in [6, 6.07) is 5.18. The molecule has 1 aromatic rings. The molecule has 0 bridgehead atoms. The molecule has 1 rings (SSSR count). The summed E-state index contributed by atoms with van der Waals surface area (Å²) < 4.78 is 42.7. The normalized spacial score (nSPS) is 12.7. The lowest BCUT2D eigenvalue weighted by molar-refractivity contribution is -0.137. The summed E-state index contributed by atoms with van der Waals surface area (Å²) in [4.78, 5) is 0. The minimum Gasteiger partial charge on any atom is -0.375 e. The van der Waals surface area contributed by atoms with Crippen LogP contribution in [0.5, 0.6) is 0 Å².